The molecule has 8 unspecified atom stereocenters. The average molecular weight is 1760 g/mol. The molecule has 1 aromatic heterocycles. The molecule has 123 heavy (non-hydrogen) atoms. The molecule has 0 bridgehead atoms. The van der Waals surface area contributed by atoms with Crippen molar-refractivity contribution in [2.24, 2.45) is 0 Å². The maximum Gasteiger partial charge on any atom is 0.453 e. The molecule has 1 aliphatic rings. The van der Waals surface area contributed by atoms with Gasteiger partial charge in [-0.2, -0.15) is 35.1 Å². The third kappa shape index (κ3) is 38.3. The van der Waals surface area contributed by atoms with E-state index in [1.54, 1.807) is 30.5 Å². The van der Waals surface area contributed by atoms with Crippen LogP contribution in [-0.2, 0) is 57.6 Å². The average Bonchev–Trinajstić information content (AvgIpc) is 1.67. The Morgan fingerprint density at radius 3 is 1.09 bits per heavy atom. The van der Waals surface area contributed by atoms with Gasteiger partial charge in [-0.1, -0.05) is 78.0 Å². The molecule has 1 fully saturated rings. The third-order valence-electron chi connectivity index (χ3n) is 16.8. The fourth-order valence-corrected chi connectivity index (χ4v) is 10.1. The summed E-state index contributed by atoms with van der Waals surface area (Å²) in [5, 5.41) is 136. The van der Waals surface area contributed by atoms with Gasteiger partial charge in [0.05, 0.1) is 72.1 Å². The molecule has 8 atom stereocenters. The van der Waals surface area contributed by atoms with E-state index in [1.807, 2.05) is 0 Å². The molecular formula is C76H79F13N10O24. The lowest BCUT2D eigenvalue weighted by molar-refractivity contribution is -0.385. The summed E-state index contributed by atoms with van der Waals surface area (Å²) in [6.45, 7) is -4.30. The maximum atomic E-state index is 12.6. The largest absolute Gasteiger partial charge is 0.453 e. The maximum absolute atomic E-state index is 12.6. The van der Waals surface area contributed by atoms with Gasteiger partial charge in [-0.15, -0.1) is 5.10 Å². The number of halogens is 13. The number of carbonyl (C=O) groups excluding carboxylic acids is 3. The number of aromatic nitrogens is 3. The van der Waals surface area contributed by atoms with Crippen LogP contribution < -0.4 is 0 Å². The fraction of sp³-hybridized carbons (Fsp3) is 0.382. The Morgan fingerprint density at radius 2 is 0.780 bits per heavy atom. The molecule has 0 aliphatic carbocycles. The van der Waals surface area contributed by atoms with Gasteiger partial charge in [0.15, 0.2) is 0 Å². The van der Waals surface area contributed by atoms with E-state index in [-0.39, 0.29) is 97.1 Å². The molecule has 0 radical (unpaired) electrons. The number of benzene rings is 7. The van der Waals surface area contributed by atoms with Gasteiger partial charge in [0, 0.05) is 155 Å². The predicted octanol–water partition coefficient (Wildman–Crippen LogP) is 13.5. The topological polar surface area (TPSA) is 515 Å². The number of aliphatic hydroxyl groups excluding tert-OH is 6. The summed E-state index contributed by atoms with van der Waals surface area (Å²) in [6.07, 6.45) is -20.0. The van der Waals surface area contributed by atoms with Crippen LogP contribution in [0.2, 0.25) is 0 Å². The highest BCUT2D eigenvalue weighted by molar-refractivity contribution is 5.82. The fourth-order valence-electron chi connectivity index (χ4n) is 10.1. The van der Waals surface area contributed by atoms with Crippen LogP contribution in [0.25, 0.3) is 0 Å². The molecule has 1 aliphatic heterocycles. The number of hydrogen-bond donors (Lipinski definition) is 6. The first kappa shape index (κ1) is 104. The number of non-ortho nitro benzene ring substituents is 7. The van der Waals surface area contributed by atoms with Crippen LogP contribution in [0.3, 0.4) is 0 Å². The highest BCUT2D eigenvalue weighted by atomic mass is 19.3. The van der Waals surface area contributed by atoms with E-state index in [4.69, 9.17) is 20.1 Å². The van der Waals surface area contributed by atoms with Crippen LogP contribution in [0.4, 0.5) is 96.9 Å². The lowest BCUT2D eigenvalue weighted by Crippen LogP contribution is -2.36. The molecule has 47 heteroatoms. The van der Waals surface area contributed by atoms with Gasteiger partial charge in [0.25, 0.3) is 39.8 Å². The van der Waals surface area contributed by atoms with Crippen LogP contribution in [0.5, 0.6) is 0 Å². The number of Topliss-reactive ketones (excluding diaryl/α,β-unsaturated/α-hetero) is 3. The summed E-state index contributed by atoms with van der Waals surface area (Å²) in [5.74, 6) is -6.29. The summed E-state index contributed by atoms with van der Waals surface area (Å²) in [5.41, 5.74) is 4.21. The highest BCUT2D eigenvalue weighted by Gasteiger charge is 2.57. The number of nitro benzene ring substituents is 7. The Kier molecular flexibility index (Phi) is 44.0. The molecule has 0 spiro atoms. The van der Waals surface area contributed by atoms with Gasteiger partial charge < -0.3 is 35.4 Å². The molecular weight excluding hydrogens is 1680 g/mol. The van der Waals surface area contributed by atoms with E-state index in [9.17, 15) is 158 Å². The Hall–Kier alpha value is -12.7. The molecule has 7 aromatic carbocycles. The third-order valence-corrected chi connectivity index (χ3v) is 16.8. The van der Waals surface area contributed by atoms with Crippen LogP contribution in [0, 0.1) is 70.8 Å². The van der Waals surface area contributed by atoms with Crippen molar-refractivity contribution in [1.82, 2.24) is 15.0 Å². The first-order valence-electron chi connectivity index (χ1n) is 35.9. The Morgan fingerprint density at radius 1 is 0.439 bits per heavy atom. The number of carbonyl (C=O) groups is 3. The zero-order chi connectivity index (χ0) is 92.5. The smallest absolute Gasteiger partial charge is 0.394 e. The second-order valence-corrected chi connectivity index (χ2v) is 26.2. The summed E-state index contributed by atoms with van der Waals surface area (Å²) in [4.78, 5) is 103. The van der Waals surface area contributed by atoms with Crippen molar-refractivity contribution in [3.05, 3.63) is 291 Å². The highest BCUT2D eigenvalue weighted by Crippen LogP contribution is 2.39. The van der Waals surface area contributed by atoms with E-state index in [0.29, 0.717) is 39.9 Å². The molecule has 6 N–H and O–H groups in total. The van der Waals surface area contributed by atoms with Crippen molar-refractivity contribution in [3.8, 4) is 0 Å². The zero-order valence-electron chi connectivity index (χ0n) is 64.0. The molecule has 9 rings (SSSR count). The van der Waals surface area contributed by atoms with Crippen molar-refractivity contribution >= 4 is 57.2 Å². The minimum absolute atomic E-state index is 0.0000397. The molecule has 34 nitrogen and oxygen atoms in total. The molecule has 1 saturated heterocycles. The van der Waals surface area contributed by atoms with Crippen molar-refractivity contribution in [3.63, 3.8) is 0 Å². The van der Waals surface area contributed by atoms with Gasteiger partial charge in [-0.3, -0.25) is 89.6 Å². The first-order valence-corrected chi connectivity index (χ1v) is 35.9. The number of nitro groups is 7. The lowest BCUT2D eigenvalue weighted by atomic mass is 10.0. The second kappa shape index (κ2) is 51.8. The van der Waals surface area contributed by atoms with Crippen molar-refractivity contribution in [2.45, 2.75) is 144 Å². The zero-order valence-corrected chi connectivity index (χ0v) is 64.0. The Bertz CT molecular complexity index is 4660. The lowest BCUT2D eigenvalue weighted by Gasteiger charge is -2.18. The molecule has 2 heterocycles. The van der Waals surface area contributed by atoms with Crippen LogP contribution in [0.15, 0.2) is 176 Å². The van der Waals surface area contributed by atoms with E-state index >= 15 is 0 Å². The number of rotatable bonds is 35. The Labute approximate surface area is 686 Å². The second-order valence-electron chi connectivity index (χ2n) is 26.2. The summed E-state index contributed by atoms with van der Waals surface area (Å²) < 4.78 is 164. The first-order chi connectivity index (χ1) is 57.8. The van der Waals surface area contributed by atoms with Crippen molar-refractivity contribution in [2.75, 3.05) is 40.0 Å². The molecule has 8 aromatic rings. The number of aliphatic hydroxyl groups is 6. The standard InChI is InChI=1S/C12H10F5NO3.C12H13FN4O3.C11H10F3NO3.C11H12FNO5.C11H12FNO3.C10H12FNO4.C9H10FNO3/c13-11(14,12(15,16)17)6-5-10(19)7-8-1-3-9(4-2-8)18(20)21;13-6-12(8-18)16-7-10(14-15-16)5-9-1-3-11(4-2-9)17(19)20;12-11(13,14)6-5-10(16)7-8-1-3-9(4-2-8)15(17)18;12-5-8-9(14)10(15)11(18-8)6-1-3-7(4-2-6)13(16)17;12-7-1-2-11(14)8-9-3-5-10(6-4-9)13(15)16;11-6-10(14)9(13)5-7-1-3-8(4-2-7)12(15)16;10-6-9(12)5-7-1-3-8(4-2-7)11(13)14/h1-4H,5-7H2;1-4,7,12,18H,5-6,8H2;1-4H,5-7H2;1-4,8-11,14-15H,5H2;3-6H,1-2,7-8H2;1-4,9-10,13-14H,5-6H2;1-4,9,12H,5-6H2/i15-1;13-1;3*12-1;11-1;10-1. The summed E-state index contributed by atoms with van der Waals surface area (Å²) in [7, 11) is 0. The van der Waals surface area contributed by atoms with Gasteiger partial charge in [-0.05, 0) is 57.5 Å². The van der Waals surface area contributed by atoms with E-state index < -0.39 is 172 Å². The van der Waals surface area contributed by atoms with E-state index in [2.05, 4.69) is 10.3 Å². The van der Waals surface area contributed by atoms with E-state index in [1.165, 1.54) is 138 Å². The van der Waals surface area contributed by atoms with Gasteiger partial charge >= 0.3 is 18.3 Å². The van der Waals surface area contributed by atoms with Crippen LogP contribution in [0.1, 0.15) is 95.3 Å². The SMILES string of the molecule is O=C(CCC(F)(F)C(F)(F)[18F])Cc1ccc([N+](=O)[O-])cc1.O=C(CCC(F)(F)[18F])Cc1ccc([N+](=O)[O-])cc1.O=C(CCC[18F])Cc1ccc([N+](=O)[O-])cc1.O=[N+]([O-])c1ccc(C2OC(C[18F])C(O)C2O)cc1.O=[N+]([O-])c1ccc(CC(O)C(O)C[18F])cc1.O=[N+]([O-])c1ccc(CC(O)C[18F])cc1.O=[N+]([O-])c1ccc(Cc2cn(C(CO)C[18F])nn2)cc1. The minimum atomic E-state index is -5.68. The predicted molar refractivity (Wildman–Crippen MR) is 406 cm³/mol. The van der Waals surface area contributed by atoms with Gasteiger partial charge in [0.2, 0.25) is 0 Å². The van der Waals surface area contributed by atoms with Crippen LogP contribution >= 0.6 is 0 Å². The monoisotopic (exact) mass is 1760 g/mol. The number of hydrogen-bond acceptors (Lipinski definition) is 26. The van der Waals surface area contributed by atoms with Crippen molar-refractivity contribution in [1.29, 1.82) is 0 Å². The van der Waals surface area contributed by atoms with Gasteiger partial charge in [-0.25, -0.2) is 22.2 Å². The van der Waals surface area contributed by atoms with Crippen LogP contribution in [-0.4, -0.2) is 192 Å². The minimum Gasteiger partial charge on any atom is -0.394 e. The number of alkyl halides is 13. The quantitative estimate of drug-likeness (QED) is 0.0122. The molecule has 0 saturated carbocycles. The summed E-state index contributed by atoms with van der Waals surface area (Å²) in [6, 6.07) is 37.6. The number of ether oxygens (including phenoxy) is 1. The molecule has 668 valence electrons. The van der Waals surface area contributed by atoms with E-state index in [0.717, 1.165) is 23.3 Å². The normalized spacial score (nSPS) is 15.0. The van der Waals surface area contributed by atoms with Crippen molar-refractivity contribution < 1.29 is 141 Å². The number of ketones is 3. The van der Waals surface area contributed by atoms with Gasteiger partial charge in [0.1, 0.15) is 80.6 Å². The number of nitrogens with zero attached hydrogens (tertiary/aromatic N) is 10. The Balaban J connectivity index is 0.000000372. The molecule has 0 amide bonds. The summed E-state index contributed by atoms with van der Waals surface area (Å²) >= 11 is 0.